The first kappa shape index (κ1) is 14.1. The molecule has 7 heteroatoms. The minimum atomic E-state index is 0.659. The van der Waals surface area contributed by atoms with Crippen LogP contribution in [-0.2, 0) is 11.3 Å². The van der Waals surface area contributed by atoms with Crippen molar-refractivity contribution in [1.82, 2.24) is 30.4 Å². The maximum absolute atomic E-state index is 5.34. The van der Waals surface area contributed by atoms with E-state index in [4.69, 9.17) is 4.74 Å². The summed E-state index contributed by atoms with van der Waals surface area (Å²) >= 11 is 0. The highest BCUT2D eigenvalue weighted by Gasteiger charge is 2.10. The fourth-order valence-corrected chi connectivity index (χ4v) is 2.35. The van der Waals surface area contributed by atoms with E-state index in [9.17, 15) is 0 Å². The quantitative estimate of drug-likeness (QED) is 0.760. The maximum atomic E-state index is 5.34. The van der Waals surface area contributed by atoms with Gasteiger partial charge < -0.3 is 10.1 Å². The van der Waals surface area contributed by atoms with Gasteiger partial charge in [-0.1, -0.05) is 18.2 Å². The van der Waals surface area contributed by atoms with Crippen LogP contribution in [0.5, 0.6) is 0 Å². The lowest BCUT2D eigenvalue weighted by Crippen LogP contribution is -2.40. The summed E-state index contributed by atoms with van der Waals surface area (Å²) in [5, 5.41) is 15.3. The second kappa shape index (κ2) is 7.26. The van der Waals surface area contributed by atoms with Gasteiger partial charge in [-0.2, -0.15) is 4.68 Å². The zero-order valence-electron chi connectivity index (χ0n) is 12.0. The SMILES string of the molecule is c1ccc(-n2nnnc2CNCCN2CCOCC2)cc1. The van der Waals surface area contributed by atoms with Crippen molar-refractivity contribution < 1.29 is 4.74 Å². The van der Waals surface area contributed by atoms with E-state index in [0.29, 0.717) is 6.54 Å². The van der Waals surface area contributed by atoms with Crippen LogP contribution in [0.4, 0.5) is 0 Å². The minimum absolute atomic E-state index is 0.659. The number of tetrazole rings is 1. The van der Waals surface area contributed by atoms with E-state index in [2.05, 4.69) is 25.7 Å². The Morgan fingerprint density at radius 3 is 2.76 bits per heavy atom. The third-order valence-corrected chi connectivity index (χ3v) is 3.53. The lowest BCUT2D eigenvalue weighted by molar-refractivity contribution is 0.0384. The molecule has 0 atom stereocenters. The molecule has 1 aliphatic heterocycles. The Labute approximate surface area is 123 Å². The fraction of sp³-hybridized carbons (Fsp3) is 0.500. The predicted octanol–water partition coefficient (Wildman–Crippen LogP) is 0.0841. The Hall–Kier alpha value is -1.83. The van der Waals surface area contributed by atoms with Gasteiger partial charge in [-0.25, -0.2) is 0 Å². The summed E-state index contributed by atoms with van der Waals surface area (Å²) in [4.78, 5) is 2.40. The molecule has 2 heterocycles. The van der Waals surface area contributed by atoms with Crippen LogP contribution in [0.2, 0.25) is 0 Å². The van der Waals surface area contributed by atoms with E-state index in [-0.39, 0.29) is 0 Å². The zero-order valence-corrected chi connectivity index (χ0v) is 12.0. The number of hydrogen-bond acceptors (Lipinski definition) is 6. The van der Waals surface area contributed by atoms with Crippen LogP contribution in [-0.4, -0.2) is 64.5 Å². The number of nitrogens with zero attached hydrogens (tertiary/aromatic N) is 5. The fourth-order valence-electron chi connectivity index (χ4n) is 2.35. The molecular weight excluding hydrogens is 268 g/mol. The van der Waals surface area contributed by atoms with Gasteiger partial charge in [0.25, 0.3) is 0 Å². The molecule has 2 aromatic rings. The van der Waals surface area contributed by atoms with Crippen LogP contribution in [0.15, 0.2) is 30.3 Å². The van der Waals surface area contributed by atoms with E-state index in [0.717, 1.165) is 50.9 Å². The minimum Gasteiger partial charge on any atom is -0.379 e. The maximum Gasteiger partial charge on any atom is 0.170 e. The molecule has 1 aromatic carbocycles. The molecule has 3 rings (SSSR count). The number of aromatic nitrogens is 4. The average Bonchev–Trinajstić information content (AvgIpc) is 3.02. The molecule has 1 aliphatic rings. The number of ether oxygens (including phenoxy) is 1. The monoisotopic (exact) mass is 288 g/mol. The van der Waals surface area contributed by atoms with Crippen LogP contribution in [0.1, 0.15) is 5.82 Å². The van der Waals surface area contributed by atoms with Gasteiger partial charge in [-0.15, -0.1) is 5.10 Å². The number of benzene rings is 1. The van der Waals surface area contributed by atoms with Crippen molar-refractivity contribution in [2.24, 2.45) is 0 Å². The first-order chi connectivity index (χ1) is 10.4. The van der Waals surface area contributed by atoms with E-state index in [1.54, 1.807) is 4.68 Å². The molecular formula is C14H20N6O. The lowest BCUT2D eigenvalue weighted by atomic mass is 10.3. The van der Waals surface area contributed by atoms with Gasteiger partial charge in [0.2, 0.25) is 0 Å². The summed E-state index contributed by atoms with van der Waals surface area (Å²) in [6.45, 7) is 6.32. The average molecular weight is 288 g/mol. The second-order valence-corrected chi connectivity index (χ2v) is 4.97. The standard InChI is InChI=1S/C14H20N6O/c1-2-4-13(5-3-1)20-14(16-17-18-20)12-15-6-7-19-8-10-21-11-9-19/h1-5,15H,6-12H2. The Bertz CT molecular complexity index is 537. The van der Waals surface area contributed by atoms with E-state index in [1.165, 1.54) is 0 Å². The zero-order chi connectivity index (χ0) is 14.3. The number of nitrogens with one attached hydrogen (secondary N) is 1. The molecule has 112 valence electrons. The third-order valence-electron chi connectivity index (χ3n) is 3.53. The van der Waals surface area contributed by atoms with Crippen molar-refractivity contribution in [1.29, 1.82) is 0 Å². The van der Waals surface area contributed by atoms with Crippen molar-refractivity contribution >= 4 is 0 Å². The number of hydrogen-bond donors (Lipinski definition) is 1. The third kappa shape index (κ3) is 3.84. The van der Waals surface area contributed by atoms with Gasteiger partial charge in [0.05, 0.1) is 25.4 Å². The summed E-state index contributed by atoms with van der Waals surface area (Å²) in [7, 11) is 0. The molecule has 1 saturated heterocycles. The Morgan fingerprint density at radius 1 is 1.14 bits per heavy atom. The van der Waals surface area contributed by atoms with E-state index < -0.39 is 0 Å². The molecule has 0 spiro atoms. The molecule has 0 radical (unpaired) electrons. The predicted molar refractivity (Wildman–Crippen MR) is 78.1 cm³/mol. The van der Waals surface area contributed by atoms with Crippen molar-refractivity contribution in [3.8, 4) is 5.69 Å². The summed E-state index contributed by atoms with van der Waals surface area (Å²) in [6, 6.07) is 9.93. The first-order valence-corrected chi connectivity index (χ1v) is 7.27. The van der Waals surface area contributed by atoms with Gasteiger partial charge in [0.1, 0.15) is 0 Å². The molecule has 0 unspecified atom stereocenters. The van der Waals surface area contributed by atoms with Gasteiger partial charge in [0, 0.05) is 26.2 Å². The van der Waals surface area contributed by atoms with Gasteiger partial charge in [-0.3, -0.25) is 4.90 Å². The number of rotatable bonds is 6. The van der Waals surface area contributed by atoms with Crippen LogP contribution in [0.3, 0.4) is 0 Å². The molecule has 0 saturated carbocycles. The number of para-hydroxylation sites is 1. The Morgan fingerprint density at radius 2 is 1.95 bits per heavy atom. The van der Waals surface area contributed by atoms with Gasteiger partial charge in [0.15, 0.2) is 5.82 Å². The summed E-state index contributed by atoms with van der Waals surface area (Å²) in [5.41, 5.74) is 0.979. The Balaban J connectivity index is 1.49. The van der Waals surface area contributed by atoms with Crippen LogP contribution >= 0.6 is 0 Å². The smallest absolute Gasteiger partial charge is 0.170 e. The van der Waals surface area contributed by atoms with Crippen molar-refractivity contribution in [2.75, 3.05) is 39.4 Å². The summed E-state index contributed by atoms with van der Waals surface area (Å²) in [5.74, 6) is 0.822. The highest BCUT2D eigenvalue weighted by molar-refractivity contribution is 5.30. The topological polar surface area (TPSA) is 68.1 Å². The highest BCUT2D eigenvalue weighted by atomic mass is 16.5. The van der Waals surface area contributed by atoms with E-state index >= 15 is 0 Å². The number of morpholine rings is 1. The van der Waals surface area contributed by atoms with Gasteiger partial charge >= 0.3 is 0 Å². The van der Waals surface area contributed by atoms with E-state index in [1.807, 2.05) is 30.3 Å². The van der Waals surface area contributed by atoms with Crippen LogP contribution in [0, 0.1) is 0 Å². The largest absolute Gasteiger partial charge is 0.379 e. The normalized spacial score (nSPS) is 16.2. The molecule has 1 aromatic heterocycles. The molecule has 1 fully saturated rings. The van der Waals surface area contributed by atoms with Crippen LogP contribution < -0.4 is 5.32 Å². The molecule has 7 nitrogen and oxygen atoms in total. The molecule has 0 bridgehead atoms. The molecule has 21 heavy (non-hydrogen) atoms. The summed E-state index contributed by atoms with van der Waals surface area (Å²) in [6.07, 6.45) is 0. The summed E-state index contributed by atoms with van der Waals surface area (Å²) < 4.78 is 7.10. The Kier molecular flexibility index (Phi) is 4.88. The molecule has 0 amide bonds. The van der Waals surface area contributed by atoms with Crippen molar-refractivity contribution in [2.45, 2.75) is 6.54 Å². The van der Waals surface area contributed by atoms with Gasteiger partial charge in [-0.05, 0) is 22.6 Å². The lowest BCUT2D eigenvalue weighted by Gasteiger charge is -2.26. The second-order valence-electron chi connectivity index (χ2n) is 4.97. The van der Waals surface area contributed by atoms with Crippen molar-refractivity contribution in [3.63, 3.8) is 0 Å². The molecule has 1 N–H and O–H groups in total. The van der Waals surface area contributed by atoms with Crippen molar-refractivity contribution in [3.05, 3.63) is 36.2 Å². The van der Waals surface area contributed by atoms with Crippen LogP contribution in [0.25, 0.3) is 5.69 Å². The first-order valence-electron chi connectivity index (χ1n) is 7.27. The molecule has 0 aliphatic carbocycles. The highest BCUT2D eigenvalue weighted by Crippen LogP contribution is 2.06.